The van der Waals surface area contributed by atoms with Gasteiger partial charge in [0.05, 0.1) is 7.11 Å². The minimum Gasteiger partial charge on any atom is -0.464 e. The van der Waals surface area contributed by atoms with E-state index in [0.717, 1.165) is 16.7 Å². The Morgan fingerprint density at radius 1 is 0.955 bits per heavy atom. The first-order chi connectivity index (χ1) is 10.6. The average molecular weight is 295 g/mol. The Kier molecular flexibility index (Phi) is 5.09. The van der Waals surface area contributed by atoms with Crippen LogP contribution in [0, 0.1) is 0 Å². The van der Waals surface area contributed by atoms with Crippen LogP contribution in [0.5, 0.6) is 0 Å². The molecule has 0 spiro atoms. The van der Waals surface area contributed by atoms with Gasteiger partial charge in [0.25, 0.3) is 0 Å². The van der Waals surface area contributed by atoms with Gasteiger partial charge in [0.15, 0.2) is 0 Å². The van der Waals surface area contributed by atoms with E-state index in [1.54, 1.807) is 6.08 Å². The van der Waals surface area contributed by atoms with Crippen LogP contribution >= 0.6 is 0 Å². The van der Waals surface area contributed by atoms with E-state index in [9.17, 15) is 9.59 Å². The summed E-state index contributed by atoms with van der Waals surface area (Å²) in [6.07, 6.45) is 1.59. The lowest BCUT2D eigenvalue weighted by atomic mass is 10.0. The van der Waals surface area contributed by atoms with Gasteiger partial charge in [-0.25, -0.2) is 4.79 Å². The molecule has 0 saturated heterocycles. The predicted octanol–water partition coefficient (Wildman–Crippen LogP) is 3.00. The fourth-order valence-corrected chi connectivity index (χ4v) is 2.01. The van der Waals surface area contributed by atoms with Crippen molar-refractivity contribution in [3.63, 3.8) is 0 Å². The van der Waals surface area contributed by atoms with Crippen molar-refractivity contribution in [1.82, 2.24) is 5.32 Å². The lowest BCUT2D eigenvalue weighted by Gasteiger charge is -2.06. The van der Waals surface area contributed by atoms with Gasteiger partial charge in [0.2, 0.25) is 5.91 Å². The first kappa shape index (κ1) is 15.5. The molecule has 1 amide bonds. The maximum Gasteiger partial charge on any atom is 0.354 e. The minimum absolute atomic E-state index is 0.113. The molecule has 0 radical (unpaired) electrons. The van der Waals surface area contributed by atoms with Gasteiger partial charge >= 0.3 is 5.97 Å². The molecule has 0 unspecified atom stereocenters. The number of hydrogen-bond acceptors (Lipinski definition) is 3. The van der Waals surface area contributed by atoms with Crippen LogP contribution in [0.2, 0.25) is 0 Å². The monoisotopic (exact) mass is 295 g/mol. The van der Waals surface area contributed by atoms with Crippen molar-refractivity contribution in [3.05, 3.63) is 65.9 Å². The highest BCUT2D eigenvalue weighted by atomic mass is 16.5. The molecule has 0 fully saturated rings. The van der Waals surface area contributed by atoms with Gasteiger partial charge in [-0.05, 0) is 22.8 Å². The number of amides is 1. The summed E-state index contributed by atoms with van der Waals surface area (Å²) >= 11 is 0. The summed E-state index contributed by atoms with van der Waals surface area (Å²) in [6, 6.07) is 17.7. The Morgan fingerprint density at radius 2 is 1.55 bits per heavy atom. The van der Waals surface area contributed by atoms with Gasteiger partial charge in [-0.2, -0.15) is 0 Å². The first-order valence-corrected chi connectivity index (χ1v) is 6.83. The zero-order chi connectivity index (χ0) is 15.9. The van der Waals surface area contributed by atoms with Crippen LogP contribution in [0.15, 0.2) is 60.3 Å². The Bertz CT molecular complexity index is 688. The molecule has 22 heavy (non-hydrogen) atoms. The number of carbonyl (C=O) groups is 2. The van der Waals surface area contributed by atoms with E-state index >= 15 is 0 Å². The molecule has 2 aromatic rings. The average Bonchev–Trinajstić information content (AvgIpc) is 2.54. The van der Waals surface area contributed by atoms with Crippen LogP contribution in [0.25, 0.3) is 17.2 Å². The molecule has 0 aromatic heterocycles. The molecular formula is C18H17NO3. The summed E-state index contributed by atoms with van der Waals surface area (Å²) in [5.74, 6) is -0.903. The number of nitrogens with one attached hydrogen (secondary N) is 1. The molecule has 0 aliphatic heterocycles. The van der Waals surface area contributed by atoms with Crippen molar-refractivity contribution >= 4 is 18.0 Å². The molecule has 4 heteroatoms. The minimum atomic E-state index is -0.581. The topological polar surface area (TPSA) is 55.4 Å². The number of benzene rings is 2. The zero-order valence-electron chi connectivity index (χ0n) is 12.5. The van der Waals surface area contributed by atoms with Crippen molar-refractivity contribution in [3.8, 4) is 11.1 Å². The van der Waals surface area contributed by atoms with E-state index in [-0.39, 0.29) is 11.6 Å². The SMILES string of the molecule is COC(=O)/C(=C/c1ccc(-c2ccccc2)cc1)NC(C)=O. The van der Waals surface area contributed by atoms with Gasteiger partial charge in [-0.1, -0.05) is 54.6 Å². The largest absolute Gasteiger partial charge is 0.464 e. The van der Waals surface area contributed by atoms with Crippen molar-refractivity contribution in [2.24, 2.45) is 0 Å². The quantitative estimate of drug-likeness (QED) is 0.697. The maximum absolute atomic E-state index is 11.6. The van der Waals surface area contributed by atoms with Crippen molar-refractivity contribution in [2.45, 2.75) is 6.92 Å². The summed E-state index contributed by atoms with van der Waals surface area (Å²) in [4.78, 5) is 22.8. The van der Waals surface area contributed by atoms with Crippen LogP contribution in [0.4, 0.5) is 0 Å². The van der Waals surface area contributed by atoms with Gasteiger partial charge in [0.1, 0.15) is 5.70 Å². The third-order valence-corrected chi connectivity index (χ3v) is 3.04. The van der Waals surface area contributed by atoms with Crippen molar-refractivity contribution < 1.29 is 14.3 Å². The van der Waals surface area contributed by atoms with Gasteiger partial charge in [-0.3, -0.25) is 4.79 Å². The lowest BCUT2D eigenvalue weighted by Crippen LogP contribution is -2.25. The summed E-state index contributed by atoms with van der Waals surface area (Å²) < 4.78 is 4.66. The molecule has 112 valence electrons. The van der Waals surface area contributed by atoms with Gasteiger partial charge < -0.3 is 10.1 Å². The number of esters is 1. The summed E-state index contributed by atoms with van der Waals surface area (Å²) in [5, 5.41) is 2.47. The molecule has 1 N–H and O–H groups in total. The van der Waals surface area contributed by atoms with Crippen LogP contribution in [0.1, 0.15) is 12.5 Å². The fraction of sp³-hybridized carbons (Fsp3) is 0.111. The molecular weight excluding hydrogens is 278 g/mol. The molecule has 0 aliphatic rings. The second-order valence-corrected chi connectivity index (χ2v) is 4.72. The molecule has 0 heterocycles. The van der Waals surface area contributed by atoms with Gasteiger partial charge in [0, 0.05) is 6.92 Å². The standard InChI is InChI=1S/C18H17NO3/c1-13(20)19-17(18(21)22-2)12-14-8-10-16(11-9-14)15-6-4-3-5-7-15/h3-12H,1-2H3,(H,19,20)/b17-12-. The number of hydrogen-bond donors (Lipinski definition) is 1. The third kappa shape index (κ3) is 4.06. The first-order valence-electron chi connectivity index (χ1n) is 6.83. The highest BCUT2D eigenvalue weighted by Crippen LogP contribution is 2.20. The van der Waals surface area contributed by atoms with Crippen LogP contribution < -0.4 is 5.32 Å². The zero-order valence-corrected chi connectivity index (χ0v) is 12.5. The second kappa shape index (κ2) is 7.22. The Hall–Kier alpha value is -2.88. The van der Waals surface area contributed by atoms with E-state index in [2.05, 4.69) is 10.1 Å². The molecule has 2 aromatic carbocycles. The molecule has 4 nitrogen and oxygen atoms in total. The van der Waals surface area contributed by atoms with E-state index in [1.165, 1.54) is 14.0 Å². The summed E-state index contributed by atoms with van der Waals surface area (Å²) in [7, 11) is 1.27. The summed E-state index contributed by atoms with van der Waals surface area (Å²) in [6.45, 7) is 1.34. The Morgan fingerprint density at radius 3 is 2.09 bits per heavy atom. The van der Waals surface area contributed by atoms with E-state index < -0.39 is 5.97 Å². The van der Waals surface area contributed by atoms with Crippen LogP contribution in [-0.4, -0.2) is 19.0 Å². The van der Waals surface area contributed by atoms with Crippen molar-refractivity contribution in [1.29, 1.82) is 0 Å². The predicted molar refractivity (Wildman–Crippen MR) is 85.7 cm³/mol. The van der Waals surface area contributed by atoms with E-state index in [1.807, 2.05) is 54.6 Å². The third-order valence-electron chi connectivity index (χ3n) is 3.04. The highest BCUT2D eigenvalue weighted by molar-refractivity contribution is 5.97. The summed E-state index contributed by atoms with van der Waals surface area (Å²) in [5.41, 5.74) is 3.11. The molecule has 0 aliphatic carbocycles. The smallest absolute Gasteiger partial charge is 0.354 e. The molecule has 0 bridgehead atoms. The van der Waals surface area contributed by atoms with Crippen molar-refractivity contribution in [2.75, 3.05) is 7.11 Å². The number of carbonyl (C=O) groups excluding carboxylic acids is 2. The van der Waals surface area contributed by atoms with Crippen LogP contribution in [0.3, 0.4) is 0 Å². The maximum atomic E-state index is 11.6. The second-order valence-electron chi connectivity index (χ2n) is 4.72. The molecule has 2 rings (SSSR count). The number of rotatable bonds is 4. The molecule has 0 saturated carbocycles. The van der Waals surface area contributed by atoms with E-state index in [0.29, 0.717) is 0 Å². The number of methoxy groups -OCH3 is 1. The van der Waals surface area contributed by atoms with Crippen LogP contribution in [-0.2, 0) is 14.3 Å². The highest BCUT2D eigenvalue weighted by Gasteiger charge is 2.11. The Labute approximate surface area is 129 Å². The number of ether oxygens (including phenoxy) is 1. The molecule has 0 atom stereocenters. The normalized spacial score (nSPS) is 10.9. The fourth-order valence-electron chi connectivity index (χ4n) is 2.01. The lowest BCUT2D eigenvalue weighted by molar-refractivity contribution is -0.137. The van der Waals surface area contributed by atoms with Gasteiger partial charge in [-0.15, -0.1) is 0 Å². The van der Waals surface area contributed by atoms with E-state index in [4.69, 9.17) is 0 Å². The Balaban J connectivity index is 2.26.